The van der Waals surface area contributed by atoms with Crippen LogP contribution in [-0.2, 0) is 25.7 Å². The highest BCUT2D eigenvalue weighted by Crippen LogP contribution is 2.56. The fraction of sp³-hybridized carbons (Fsp3) is 0.423. The van der Waals surface area contributed by atoms with Gasteiger partial charge in [-0.2, -0.15) is 0 Å². The van der Waals surface area contributed by atoms with Crippen LogP contribution in [0.2, 0.25) is 0 Å². The molecule has 7 nitrogen and oxygen atoms in total. The van der Waals surface area contributed by atoms with Crippen molar-refractivity contribution in [1.29, 1.82) is 0 Å². The number of benzene rings is 2. The van der Waals surface area contributed by atoms with Crippen molar-refractivity contribution in [3.63, 3.8) is 0 Å². The summed E-state index contributed by atoms with van der Waals surface area (Å²) in [5.74, 6) is -2.08. The number of carbonyl (C=O) groups excluding carboxylic acids is 3. The SMILES string of the molecule is CCOC(=O)[C@H]1[C@H]2COc3ccc(C)cc3[C@@H]2N2C(=O)CN(Cc3ccc(F)cc3)C(=O)[C@@]12C. The van der Waals surface area contributed by atoms with Gasteiger partial charge in [-0.3, -0.25) is 14.4 Å². The van der Waals surface area contributed by atoms with Crippen molar-refractivity contribution < 1.29 is 28.2 Å². The zero-order valence-electron chi connectivity index (χ0n) is 19.4. The van der Waals surface area contributed by atoms with E-state index in [1.54, 1.807) is 30.9 Å². The van der Waals surface area contributed by atoms with Crippen LogP contribution in [-0.4, -0.2) is 52.9 Å². The number of ether oxygens (including phenoxy) is 2. The van der Waals surface area contributed by atoms with E-state index in [0.29, 0.717) is 11.3 Å². The third kappa shape index (κ3) is 3.27. The average molecular weight is 467 g/mol. The highest BCUT2D eigenvalue weighted by molar-refractivity contribution is 6.02. The lowest BCUT2D eigenvalue weighted by atomic mass is 9.77. The molecule has 0 spiro atoms. The molecule has 2 aromatic carbocycles. The van der Waals surface area contributed by atoms with Crippen molar-refractivity contribution in [2.75, 3.05) is 19.8 Å². The van der Waals surface area contributed by atoms with Crippen LogP contribution >= 0.6 is 0 Å². The monoisotopic (exact) mass is 466 g/mol. The Morgan fingerprint density at radius 2 is 1.94 bits per heavy atom. The molecule has 4 atom stereocenters. The van der Waals surface area contributed by atoms with Crippen LogP contribution in [0.15, 0.2) is 42.5 Å². The van der Waals surface area contributed by atoms with Gasteiger partial charge >= 0.3 is 5.97 Å². The molecule has 2 amide bonds. The molecule has 178 valence electrons. The Labute approximate surface area is 197 Å². The van der Waals surface area contributed by atoms with E-state index in [1.165, 1.54) is 17.0 Å². The molecule has 0 saturated carbocycles. The number of carbonyl (C=O) groups is 3. The predicted molar refractivity (Wildman–Crippen MR) is 120 cm³/mol. The van der Waals surface area contributed by atoms with Gasteiger partial charge in [0.1, 0.15) is 23.7 Å². The van der Waals surface area contributed by atoms with E-state index in [1.807, 2.05) is 25.1 Å². The van der Waals surface area contributed by atoms with Gasteiger partial charge in [-0.05, 0) is 44.5 Å². The number of hydrogen-bond acceptors (Lipinski definition) is 5. The molecule has 3 aliphatic rings. The first-order valence-corrected chi connectivity index (χ1v) is 11.5. The molecule has 0 aliphatic carbocycles. The van der Waals surface area contributed by atoms with E-state index < -0.39 is 29.4 Å². The highest BCUT2D eigenvalue weighted by atomic mass is 19.1. The largest absolute Gasteiger partial charge is 0.493 e. The molecule has 0 unspecified atom stereocenters. The van der Waals surface area contributed by atoms with Crippen molar-refractivity contribution in [2.45, 2.75) is 38.9 Å². The molecule has 0 bridgehead atoms. The van der Waals surface area contributed by atoms with Gasteiger partial charge in [-0.15, -0.1) is 0 Å². The summed E-state index contributed by atoms with van der Waals surface area (Å²) in [5.41, 5.74) is 1.08. The van der Waals surface area contributed by atoms with Gasteiger partial charge in [0.05, 0.1) is 25.2 Å². The molecule has 0 aromatic heterocycles. The summed E-state index contributed by atoms with van der Waals surface area (Å²) in [4.78, 5) is 44.0. The molecule has 3 aliphatic heterocycles. The third-order valence-corrected chi connectivity index (χ3v) is 7.28. The summed E-state index contributed by atoms with van der Waals surface area (Å²) in [6, 6.07) is 11.1. The molecule has 0 radical (unpaired) electrons. The third-order valence-electron chi connectivity index (χ3n) is 7.28. The van der Waals surface area contributed by atoms with Crippen LogP contribution in [0.25, 0.3) is 0 Å². The van der Waals surface area contributed by atoms with Crippen LogP contribution in [0, 0.1) is 24.6 Å². The quantitative estimate of drug-likeness (QED) is 0.648. The number of rotatable bonds is 4. The van der Waals surface area contributed by atoms with Gasteiger partial charge in [0.25, 0.3) is 0 Å². The summed E-state index contributed by atoms with van der Waals surface area (Å²) in [6.45, 7) is 5.73. The number of halogens is 1. The fourth-order valence-electron chi connectivity index (χ4n) is 5.86. The van der Waals surface area contributed by atoms with E-state index in [-0.39, 0.29) is 43.9 Å². The van der Waals surface area contributed by atoms with Crippen LogP contribution in [0.4, 0.5) is 4.39 Å². The second kappa shape index (κ2) is 8.11. The summed E-state index contributed by atoms with van der Waals surface area (Å²) in [7, 11) is 0. The molecule has 0 N–H and O–H groups in total. The lowest BCUT2D eigenvalue weighted by molar-refractivity contribution is -0.170. The second-order valence-corrected chi connectivity index (χ2v) is 9.39. The van der Waals surface area contributed by atoms with Gasteiger partial charge in [0, 0.05) is 18.0 Å². The minimum Gasteiger partial charge on any atom is -0.493 e. The molecular formula is C26H27FN2O5. The van der Waals surface area contributed by atoms with E-state index in [2.05, 4.69) is 0 Å². The molecule has 5 rings (SSSR count). The highest BCUT2D eigenvalue weighted by Gasteiger charge is 2.69. The zero-order chi connectivity index (χ0) is 24.2. The van der Waals surface area contributed by atoms with Crippen molar-refractivity contribution in [3.05, 3.63) is 65.0 Å². The lowest BCUT2D eigenvalue weighted by Gasteiger charge is -2.47. The fourth-order valence-corrected chi connectivity index (χ4v) is 5.86. The molecule has 8 heteroatoms. The van der Waals surface area contributed by atoms with Crippen molar-refractivity contribution in [3.8, 4) is 5.75 Å². The van der Waals surface area contributed by atoms with Gasteiger partial charge < -0.3 is 19.3 Å². The molecule has 2 aromatic rings. The first-order chi connectivity index (χ1) is 16.3. The Bertz CT molecular complexity index is 1170. The predicted octanol–water partition coefficient (Wildman–Crippen LogP) is 3.01. The standard InChI is InChI=1S/C26H27FN2O5/c1-4-33-24(31)22-19-14-34-20-10-5-15(2)11-18(20)23(19)29-21(30)13-28(25(32)26(22,29)3)12-16-6-8-17(27)9-7-16/h5-11,19,22-23H,4,12-14H2,1-3H3/t19-,22-,23+,26-/m1/s1. The number of piperazine rings is 1. The van der Waals surface area contributed by atoms with Crippen LogP contribution in [0.1, 0.15) is 36.6 Å². The number of esters is 1. The number of nitrogens with zero attached hydrogens (tertiary/aromatic N) is 2. The number of fused-ring (bicyclic) bond motifs is 5. The lowest BCUT2D eigenvalue weighted by Crippen LogP contribution is -2.67. The van der Waals surface area contributed by atoms with Gasteiger partial charge in [0.15, 0.2) is 0 Å². The maximum absolute atomic E-state index is 14.0. The minimum atomic E-state index is -1.42. The number of amides is 2. The molecular weight excluding hydrogens is 439 g/mol. The summed E-state index contributed by atoms with van der Waals surface area (Å²) >= 11 is 0. The number of hydrogen-bond donors (Lipinski definition) is 0. The molecule has 34 heavy (non-hydrogen) atoms. The normalized spacial score (nSPS) is 27.6. The number of aryl methyl sites for hydroxylation is 1. The van der Waals surface area contributed by atoms with Crippen LogP contribution in [0.5, 0.6) is 5.75 Å². The molecule has 2 saturated heterocycles. The molecule has 3 heterocycles. The first-order valence-electron chi connectivity index (χ1n) is 11.5. The first kappa shape index (κ1) is 22.4. The second-order valence-electron chi connectivity index (χ2n) is 9.39. The van der Waals surface area contributed by atoms with Gasteiger partial charge in [-0.25, -0.2) is 4.39 Å². The Morgan fingerprint density at radius 1 is 1.21 bits per heavy atom. The zero-order valence-corrected chi connectivity index (χ0v) is 19.4. The van der Waals surface area contributed by atoms with Gasteiger partial charge in [0.2, 0.25) is 11.8 Å². The van der Waals surface area contributed by atoms with E-state index >= 15 is 0 Å². The Balaban J connectivity index is 1.59. The topological polar surface area (TPSA) is 76.2 Å². The summed E-state index contributed by atoms with van der Waals surface area (Å²) in [6.07, 6.45) is 0. The Morgan fingerprint density at radius 3 is 2.65 bits per heavy atom. The average Bonchev–Trinajstić information content (AvgIpc) is 3.09. The van der Waals surface area contributed by atoms with E-state index in [4.69, 9.17) is 9.47 Å². The Kier molecular flexibility index (Phi) is 5.34. The smallest absolute Gasteiger partial charge is 0.312 e. The van der Waals surface area contributed by atoms with Crippen molar-refractivity contribution in [1.82, 2.24) is 9.80 Å². The maximum atomic E-state index is 14.0. The van der Waals surface area contributed by atoms with Gasteiger partial charge in [-0.1, -0.05) is 29.8 Å². The summed E-state index contributed by atoms with van der Waals surface area (Å²) < 4.78 is 24.8. The van der Waals surface area contributed by atoms with E-state index in [0.717, 1.165) is 11.1 Å². The van der Waals surface area contributed by atoms with E-state index in [9.17, 15) is 18.8 Å². The minimum absolute atomic E-state index is 0.118. The Hall–Kier alpha value is -3.42. The van der Waals surface area contributed by atoms with Crippen molar-refractivity contribution >= 4 is 17.8 Å². The van der Waals surface area contributed by atoms with Crippen molar-refractivity contribution in [2.24, 2.45) is 11.8 Å². The maximum Gasteiger partial charge on any atom is 0.312 e. The van der Waals surface area contributed by atoms with Crippen LogP contribution in [0.3, 0.4) is 0 Å². The summed E-state index contributed by atoms with van der Waals surface area (Å²) in [5, 5.41) is 0. The van der Waals surface area contributed by atoms with Crippen LogP contribution < -0.4 is 4.74 Å². The molecule has 2 fully saturated rings.